The van der Waals surface area contributed by atoms with Gasteiger partial charge in [-0.15, -0.1) is 0 Å². The van der Waals surface area contributed by atoms with Crippen molar-refractivity contribution in [3.63, 3.8) is 0 Å². The zero-order valence-electron chi connectivity index (χ0n) is 8.55. The highest BCUT2D eigenvalue weighted by Crippen LogP contribution is 2.31. The second kappa shape index (κ2) is 4.94. The first-order valence-corrected chi connectivity index (χ1v) is 5.45. The molecular weight excluding hydrogens is 143 g/mol. The maximum Gasteiger partial charge on any atom is 0.0699 e. The molecule has 0 saturated heterocycles. The summed E-state index contributed by atoms with van der Waals surface area (Å²) in [7, 11) is 5.93. The Morgan fingerprint density at radius 3 is 1.92 bits per heavy atom. The molecule has 68 valence electrons. The largest absolute Gasteiger partial charge is 0.0774 e. The van der Waals surface area contributed by atoms with E-state index in [1.165, 1.54) is 38.5 Å². The highest BCUT2D eigenvalue weighted by molar-refractivity contribution is 6.11. The molecule has 12 heavy (non-hydrogen) atoms. The van der Waals surface area contributed by atoms with Crippen LogP contribution in [-0.2, 0) is 0 Å². The standard InChI is InChI=1S/C11H21B/c1-9(2)10-5-3-7-11(12)8-4-6-10/h9-11H,3-8H2,1-2H3. The van der Waals surface area contributed by atoms with Crippen molar-refractivity contribution in [2.75, 3.05) is 0 Å². The van der Waals surface area contributed by atoms with Gasteiger partial charge < -0.3 is 0 Å². The Bertz CT molecular complexity index is 110. The minimum atomic E-state index is 0.498. The molecule has 0 spiro atoms. The minimum absolute atomic E-state index is 0.498. The second-order valence-electron chi connectivity index (χ2n) is 4.63. The molecule has 1 aliphatic carbocycles. The minimum Gasteiger partial charge on any atom is -0.0774 e. The Balaban J connectivity index is 2.30. The molecule has 0 aromatic carbocycles. The van der Waals surface area contributed by atoms with E-state index in [4.69, 9.17) is 7.85 Å². The van der Waals surface area contributed by atoms with Gasteiger partial charge in [-0.05, 0) is 11.8 Å². The topological polar surface area (TPSA) is 0 Å². The first kappa shape index (κ1) is 10.1. The third-order valence-electron chi connectivity index (χ3n) is 3.24. The van der Waals surface area contributed by atoms with Crippen molar-refractivity contribution >= 4 is 7.85 Å². The van der Waals surface area contributed by atoms with Crippen LogP contribution in [0.25, 0.3) is 0 Å². The Morgan fingerprint density at radius 1 is 1.00 bits per heavy atom. The third-order valence-corrected chi connectivity index (χ3v) is 3.24. The van der Waals surface area contributed by atoms with Crippen LogP contribution >= 0.6 is 0 Å². The first-order chi connectivity index (χ1) is 5.70. The van der Waals surface area contributed by atoms with Gasteiger partial charge in [0, 0.05) is 0 Å². The molecular formula is C11H21B. The fraction of sp³-hybridized carbons (Fsp3) is 1.00. The fourth-order valence-electron chi connectivity index (χ4n) is 2.24. The monoisotopic (exact) mass is 164 g/mol. The average molecular weight is 164 g/mol. The highest BCUT2D eigenvalue weighted by Gasteiger charge is 2.16. The van der Waals surface area contributed by atoms with Gasteiger partial charge in [-0.25, -0.2) is 0 Å². The smallest absolute Gasteiger partial charge is 0.0699 e. The van der Waals surface area contributed by atoms with E-state index in [2.05, 4.69) is 13.8 Å². The SMILES string of the molecule is [B]C1CCCC(C(C)C)CCC1. The van der Waals surface area contributed by atoms with E-state index in [9.17, 15) is 0 Å². The third kappa shape index (κ3) is 3.20. The van der Waals surface area contributed by atoms with Gasteiger partial charge in [0.2, 0.25) is 0 Å². The first-order valence-electron chi connectivity index (χ1n) is 5.45. The summed E-state index contributed by atoms with van der Waals surface area (Å²) in [5.41, 5.74) is 0. The predicted octanol–water partition coefficient (Wildman–Crippen LogP) is 3.57. The van der Waals surface area contributed by atoms with E-state index < -0.39 is 0 Å². The lowest BCUT2D eigenvalue weighted by Gasteiger charge is -2.25. The van der Waals surface area contributed by atoms with Crippen molar-refractivity contribution in [2.45, 2.75) is 58.2 Å². The molecule has 0 bridgehead atoms. The molecule has 0 aromatic rings. The lowest BCUT2D eigenvalue weighted by molar-refractivity contribution is 0.298. The average Bonchev–Trinajstić information content (AvgIpc) is 1.95. The van der Waals surface area contributed by atoms with Crippen molar-refractivity contribution in [1.29, 1.82) is 0 Å². The summed E-state index contributed by atoms with van der Waals surface area (Å²) in [6, 6.07) is 0. The molecule has 0 nitrogen and oxygen atoms in total. The Labute approximate surface area is 78.5 Å². The molecule has 2 radical (unpaired) electrons. The van der Waals surface area contributed by atoms with Crippen LogP contribution in [-0.4, -0.2) is 7.85 Å². The van der Waals surface area contributed by atoms with Crippen LogP contribution in [0.15, 0.2) is 0 Å². The van der Waals surface area contributed by atoms with Gasteiger partial charge in [0.05, 0.1) is 7.85 Å². The summed E-state index contributed by atoms with van der Waals surface area (Å²) >= 11 is 0. The molecule has 1 fully saturated rings. The molecule has 0 heterocycles. The summed E-state index contributed by atoms with van der Waals surface area (Å²) in [6.07, 6.45) is 8.02. The molecule has 0 aromatic heterocycles. The summed E-state index contributed by atoms with van der Waals surface area (Å²) in [4.78, 5) is 0. The number of rotatable bonds is 1. The van der Waals surface area contributed by atoms with E-state index >= 15 is 0 Å². The zero-order valence-corrected chi connectivity index (χ0v) is 8.55. The summed E-state index contributed by atoms with van der Waals surface area (Å²) in [5, 5.41) is 0. The predicted molar refractivity (Wildman–Crippen MR) is 55.5 cm³/mol. The highest BCUT2D eigenvalue weighted by atomic mass is 14.2. The molecule has 0 atom stereocenters. The van der Waals surface area contributed by atoms with Crippen LogP contribution in [0.4, 0.5) is 0 Å². The fourth-order valence-corrected chi connectivity index (χ4v) is 2.24. The summed E-state index contributed by atoms with van der Waals surface area (Å²) < 4.78 is 0. The van der Waals surface area contributed by atoms with Crippen LogP contribution in [0.5, 0.6) is 0 Å². The summed E-state index contributed by atoms with van der Waals surface area (Å²) in [5.74, 6) is 2.34. The zero-order chi connectivity index (χ0) is 8.97. The van der Waals surface area contributed by atoms with E-state index in [-0.39, 0.29) is 0 Å². The van der Waals surface area contributed by atoms with Crippen molar-refractivity contribution in [2.24, 2.45) is 11.8 Å². The van der Waals surface area contributed by atoms with Crippen molar-refractivity contribution in [3.05, 3.63) is 0 Å². The Morgan fingerprint density at radius 2 is 1.50 bits per heavy atom. The normalized spacial score (nSPS) is 32.9. The van der Waals surface area contributed by atoms with Crippen molar-refractivity contribution in [1.82, 2.24) is 0 Å². The van der Waals surface area contributed by atoms with Gasteiger partial charge in [-0.3, -0.25) is 0 Å². The van der Waals surface area contributed by atoms with E-state index in [1.54, 1.807) is 0 Å². The molecule has 1 heteroatoms. The van der Waals surface area contributed by atoms with Gasteiger partial charge in [-0.2, -0.15) is 0 Å². The van der Waals surface area contributed by atoms with Gasteiger partial charge in [-0.1, -0.05) is 58.2 Å². The maximum atomic E-state index is 5.93. The Hall–Kier alpha value is 0.0649. The van der Waals surface area contributed by atoms with E-state index in [0.29, 0.717) is 5.82 Å². The quantitative estimate of drug-likeness (QED) is 0.519. The van der Waals surface area contributed by atoms with E-state index in [0.717, 1.165) is 11.8 Å². The molecule has 1 aliphatic rings. The Kier molecular flexibility index (Phi) is 4.18. The van der Waals surface area contributed by atoms with Gasteiger partial charge in [0.15, 0.2) is 0 Å². The van der Waals surface area contributed by atoms with Crippen LogP contribution in [0.2, 0.25) is 5.82 Å². The maximum absolute atomic E-state index is 5.93. The van der Waals surface area contributed by atoms with E-state index in [1.807, 2.05) is 0 Å². The van der Waals surface area contributed by atoms with Crippen molar-refractivity contribution in [3.8, 4) is 0 Å². The molecule has 0 N–H and O–H groups in total. The lowest BCUT2D eigenvalue weighted by Crippen LogP contribution is -2.12. The van der Waals surface area contributed by atoms with Gasteiger partial charge in [0.1, 0.15) is 0 Å². The summed E-state index contributed by atoms with van der Waals surface area (Å²) in [6.45, 7) is 4.71. The number of hydrogen-bond acceptors (Lipinski definition) is 0. The number of hydrogen-bond donors (Lipinski definition) is 0. The van der Waals surface area contributed by atoms with Crippen LogP contribution in [0.1, 0.15) is 52.4 Å². The van der Waals surface area contributed by atoms with Crippen LogP contribution in [0.3, 0.4) is 0 Å². The molecule has 0 unspecified atom stereocenters. The molecule has 0 amide bonds. The van der Waals surface area contributed by atoms with Crippen molar-refractivity contribution < 1.29 is 0 Å². The molecule has 1 rings (SSSR count). The van der Waals surface area contributed by atoms with Crippen LogP contribution in [0, 0.1) is 11.8 Å². The van der Waals surface area contributed by atoms with Crippen LogP contribution < -0.4 is 0 Å². The van der Waals surface area contributed by atoms with Gasteiger partial charge >= 0.3 is 0 Å². The molecule has 1 saturated carbocycles. The lowest BCUT2D eigenvalue weighted by atomic mass is 9.74. The molecule has 0 aliphatic heterocycles. The second-order valence-corrected chi connectivity index (χ2v) is 4.63. The van der Waals surface area contributed by atoms with Gasteiger partial charge in [0.25, 0.3) is 0 Å².